The van der Waals surface area contributed by atoms with Crippen molar-refractivity contribution in [1.29, 1.82) is 0 Å². The van der Waals surface area contributed by atoms with Crippen molar-refractivity contribution in [3.8, 4) is 0 Å². The van der Waals surface area contributed by atoms with Gasteiger partial charge in [-0.25, -0.2) is 4.79 Å². The van der Waals surface area contributed by atoms with Crippen LogP contribution in [0.3, 0.4) is 0 Å². The summed E-state index contributed by atoms with van der Waals surface area (Å²) < 4.78 is 11.5. The maximum absolute atomic E-state index is 13.6. The Hall–Kier alpha value is -2.98. The van der Waals surface area contributed by atoms with E-state index in [0.717, 1.165) is 18.4 Å². The molecule has 10 nitrogen and oxygen atoms in total. The zero-order valence-corrected chi connectivity index (χ0v) is 25.0. The summed E-state index contributed by atoms with van der Waals surface area (Å²) in [5, 5.41) is 12.4. The molecule has 1 aromatic rings. The van der Waals surface area contributed by atoms with Crippen molar-refractivity contribution in [2.24, 2.45) is 11.8 Å². The third-order valence-corrected chi connectivity index (χ3v) is 8.30. The largest absolute Gasteiger partial charge is 0.480 e. The fraction of sp³-hybridized carbons (Fsp3) is 0.667. The third-order valence-electron chi connectivity index (χ3n) is 8.30. The van der Waals surface area contributed by atoms with Crippen LogP contribution >= 0.6 is 0 Å². The van der Waals surface area contributed by atoms with Crippen molar-refractivity contribution in [1.82, 2.24) is 15.1 Å². The third kappa shape index (κ3) is 8.51. The number of carbonyl (C=O) groups is 4. The van der Waals surface area contributed by atoms with Gasteiger partial charge in [0.15, 0.2) is 0 Å². The number of benzene rings is 1. The Labute approximate surface area is 238 Å². The maximum Gasteiger partial charge on any atom is 0.326 e. The molecule has 40 heavy (non-hydrogen) atoms. The minimum atomic E-state index is -1.12. The van der Waals surface area contributed by atoms with Gasteiger partial charge in [0.2, 0.25) is 17.7 Å². The van der Waals surface area contributed by atoms with Crippen LogP contribution in [-0.2, 0) is 35.1 Å². The summed E-state index contributed by atoms with van der Waals surface area (Å²) in [5.41, 5.74) is 0.803. The van der Waals surface area contributed by atoms with Gasteiger partial charge in [-0.2, -0.15) is 0 Å². The Morgan fingerprint density at radius 2 is 1.77 bits per heavy atom. The first-order chi connectivity index (χ1) is 19.0. The lowest BCUT2D eigenvalue weighted by Crippen LogP contribution is -2.54. The molecule has 0 saturated carbocycles. The van der Waals surface area contributed by atoms with Crippen molar-refractivity contribution in [2.45, 2.75) is 90.1 Å². The molecule has 10 heteroatoms. The second-order valence-electron chi connectivity index (χ2n) is 10.9. The highest BCUT2D eigenvalue weighted by Gasteiger charge is 2.42. The summed E-state index contributed by atoms with van der Waals surface area (Å²) in [6.07, 6.45) is 1.38. The zero-order chi connectivity index (χ0) is 30.0. The van der Waals surface area contributed by atoms with Crippen molar-refractivity contribution >= 4 is 23.7 Å². The highest BCUT2D eigenvalue weighted by atomic mass is 16.5. The summed E-state index contributed by atoms with van der Waals surface area (Å²) in [6.45, 7) is 7.82. The van der Waals surface area contributed by atoms with E-state index < -0.39 is 36.0 Å². The first-order valence-electron chi connectivity index (χ1n) is 14.1. The minimum Gasteiger partial charge on any atom is -0.480 e. The second-order valence-corrected chi connectivity index (χ2v) is 10.9. The van der Waals surface area contributed by atoms with Gasteiger partial charge in [0, 0.05) is 41.2 Å². The molecule has 0 aliphatic carbocycles. The predicted molar refractivity (Wildman–Crippen MR) is 152 cm³/mol. The summed E-state index contributed by atoms with van der Waals surface area (Å²) >= 11 is 0. The van der Waals surface area contributed by atoms with E-state index in [-0.39, 0.29) is 42.7 Å². The van der Waals surface area contributed by atoms with Crippen LogP contribution in [0.1, 0.15) is 58.9 Å². The molecule has 1 heterocycles. The quantitative estimate of drug-likeness (QED) is 0.337. The van der Waals surface area contributed by atoms with Crippen LogP contribution in [0.25, 0.3) is 0 Å². The van der Waals surface area contributed by atoms with Gasteiger partial charge in [-0.15, -0.1) is 0 Å². The molecule has 1 fully saturated rings. The van der Waals surface area contributed by atoms with Crippen LogP contribution in [0.5, 0.6) is 0 Å². The number of ether oxygens (including phenoxy) is 2. The first-order valence-corrected chi connectivity index (χ1v) is 14.1. The fourth-order valence-corrected chi connectivity index (χ4v) is 5.72. The topological polar surface area (TPSA) is 125 Å². The average Bonchev–Trinajstić information content (AvgIpc) is 3.42. The van der Waals surface area contributed by atoms with E-state index in [1.54, 1.807) is 30.9 Å². The number of likely N-dealkylation sites (tertiary alicyclic amines) is 1. The number of nitrogens with one attached hydrogen (secondary N) is 1. The molecule has 1 unspecified atom stereocenters. The van der Waals surface area contributed by atoms with Crippen LogP contribution in [0.4, 0.5) is 0 Å². The molecule has 0 aromatic heterocycles. The smallest absolute Gasteiger partial charge is 0.326 e. The molecular formula is C30H47N3O7. The molecule has 7 atom stereocenters. The number of hydrogen-bond acceptors (Lipinski definition) is 6. The number of nitrogens with zero attached hydrogens (tertiary/aromatic N) is 2. The Morgan fingerprint density at radius 3 is 2.30 bits per heavy atom. The number of carboxylic acids is 1. The minimum absolute atomic E-state index is 0.0921. The summed E-state index contributed by atoms with van der Waals surface area (Å²) in [7, 11) is 4.80. The molecule has 224 valence electrons. The number of methoxy groups -OCH3 is 2. The predicted octanol–water partition coefficient (Wildman–Crippen LogP) is 2.74. The SMILES string of the molecule is CC[C@H](C)C([C@@H](CC(=O)N1CCC[C@H]1[C@H](OC)[C@@H](C)C(=O)N[C@@H](Cc1ccccc1)C(=O)O)OC)N(C)C(C)=O. The lowest BCUT2D eigenvalue weighted by molar-refractivity contribution is -0.146. The van der Waals surface area contributed by atoms with Gasteiger partial charge < -0.3 is 29.7 Å². The van der Waals surface area contributed by atoms with Crippen molar-refractivity contribution in [3.63, 3.8) is 0 Å². The Bertz CT molecular complexity index is 989. The van der Waals surface area contributed by atoms with E-state index in [0.29, 0.717) is 13.0 Å². The second kappa shape index (κ2) is 15.7. The van der Waals surface area contributed by atoms with Gasteiger partial charge in [0.25, 0.3) is 0 Å². The molecule has 1 saturated heterocycles. The first kappa shape index (κ1) is 33.2. The molecule has 2 N–H and O–H groups in total. The number of rotatable bonds is 15. The molecule has 0 radical (unpaired) electrons. The Morgan fingerprint density at radius 1 is 1.12 bits per heavy atom. The van der Waals surface area contributed by atoms with E-state index in [1.165, 1.54) is 14.0 Å². The van der Waals surface area contributed by atoms with Gasteiger partial charge in [-0.05, 0) is 24.3 Å². The molecule has 0 spiro atoms. The molecule has 1 aliphatic heterocycles. The summed E-state index contributed by atoms with van der Waals surface area (Å²) in [5.74, 6) is -2.35. The Balaban J connectivity index is 2.16. The van der Waals surface area contributed by atoms with Gasteiger partial charge >= 0.3 is 5.97 Å². The van der Waals surface area contributed by atoms with E-state index in [9.17, 15) is 24.3 Å². The van der Waals surface area contributed by atoms with Crippen LogP contribution in [0.2, 0.25) is 0 Å². The maximum atomic E-state index is 13.6. The van der Waals surface area contributed by atoms with E-state index in [4.69, 9.17) is 9.47 Å². The molecule has 0 bridgehead atoms. The van der Waals surface area contributed by atoms with E-state index in [2.05, 4.69) is 5.32 Å². The molecule has 1 aromatic carbocycles. The monoisotopic (exact) mass is 561 g/mol. The fourth-order valence-electron chi connectivity index (χ4n) is 5.72. The molecule has 3 amide bonds. The number of likely N-dealkylation sites (N-methyl/N-ethyl adjacent to an activating group) is 1. The van der Waals surface area contributed by atoms with Gasteiger partial charge in [-0.3, -0.25) is 14.4 Å². The highest BCUT2D eigenvalue weighted by molar-refractivity contribution is 5.85. The van der Waals surface area contributed by atoms with Crippen molar-refractivity contribution in [3.05, 3.63) is 35.9 Å². The molecule has 2 rings (SSSR count). The molecule has 1 aliphatic rings. The number of carbonyl (C=O) groups excluding carboxylic acids is 3. The molecular weight excluding hydrogens is 514 g/mol. The van der Waals surface area contributed by atoms with Crippen molar-refractivity contribution in [2.75, 3.05) is 27.8 Å². The lowest BCUT2D eigenvalue weighted by Gasteiger charge is -2.39. The van der Waals surface area contributed by atoms with E-state index >= 15 is 0 Å². The average molecular weight is 562 g/mol. The number of amides is 3. The van der Waals surface area contributed by atoms with Crippen LogP contribution in [-0.4, -0.2) is 96.7 Å². The lowest BCUT2D eigenvalue weighted by atomic mass is 9.90. The normalized spacial score (nSPS) is 19.7. The standard InChI is InChI=1S/C30H47N3O7/c1-8-19(2)27(32(5)21(4)34)25(39-6)18-26(35)33-16-12-15-24(33)28(40-7)20(3)29(36)31-23(30(37)38)17-22-13-10-9-11-14-22/h9-11,13-14,19-20,23-25,27-28H,8,12,15-18H2,1-7H3,(H,31,36)(H,37,38)/t19-,20+,23-,24-,25+,27?,28+/m0/s1. The van der Waals surface area contributed by atoms with Crippen molar-refractivity contribution < 1.29 is 33.8 Å². The Kier molecular flexibility index (Phi) is 13.1. The van der Waals surface area contributed by atoms with Crippen LogP contribution in [0.15, 0.2) is 30.3 Å². The van der Waals surface area contributed by atoms with Crippen LogP contribution < -0.4 is 5.32 Å². The van der Waals surface area contributed by atoms with Gasteiger partial charge in [-0.1, -0.05) is 57.5 Å². The highest BCUT2D eigenvalue weighted by Crippen LogP contribution is 2.29. The van der Waals surface area contributed by atoms with E-state index in [1.807, 2.05) is 44.2 Å². The summed E-state index contributed by atoms with van der Waals surface area (Å²) in [4.78, 5) is 54.4. The van der Waals surface area contributed by atoms with Gasteiger partial charge in [0.05, 0.1) is 36.6 Å². The number of aliphatic carboxylic acids is 1. The number of hydrogen-bond donors (Lipinski definition) is 2. The summed E-state index contributed by atoms with van der Waals surface area (Å²) in [6, 6.07) is 7.43. The van der Waals surface area contributed by atoms with Gasteiger partial charge in [0.1, 0.15) is 6.04 Å². The van der Waals surface area contributed by atoms with Crippen LogP contribution in [0, 0.1) is 11.8 Å². The number of carboxylic acid groups (broad SMARTS) is 1. The zero-order valence-electron chi connectivity index (χ0n) is 25.0.